The summed E-state index contributed by atoms with van der Waals surface area (Å²) in [7, 11) is 0. The largest absolute Gasteiger partial charge is 0.341 e. The fraction of sp³-hybridized carbons (Fsp3) is 0.611. The Morgan fingerprint density at radius 1 is 1.35 bits per heavy atom. The summed E-state index contributed by atoms with van der Waals surface area (Å²) >= 11 is 0. The summed E-state index contributed by atoms with van der Waals surface area (Å²) in [5.41, 5.74) is 1.75. The van der Waals surface area contributed by atoms with E-state index in [9.17, 15) is 4.79 Å². The van der Waals surface area contributed by atoms with E-state index >= 15 is 0 Å². The van der Waals surface area contributed by atoms with E-state index in [4.69, 9.17) is 4.98 Å². The Balaban J connectivity index is 1.93. The van der Waals surface area contributed by atoms with Crippen molar-refractivity contribution < 1.29 is 4.79 Å². The highest BCUT2D eigenvalue weighted by atomic mass is 16.2. The lowest BCUT2D eigenvalue weighted by atomic mass is 9.95. The molecule has 5 nitrogen and oxygen atoms in total. The predicted octanol–water partition coefficient (Wildman–Crippen LogP) is 3.37. The Morgan fingerprint density at radius 2 is 2.09 bits per heavy atom. The molecule has 1 aliphatic rings. The lowest BCUT2D eigenvalue weighted by molar-refractivity contribution is -0.138. The van der Waals surface area contributed by atoms with Crippen LogP contribution >= 0.6 is 0 Å². The van der Waals surface area contributed by atoms with Gasteiger partial charge in [0, 0.05) is 36.7 Å². The molecule has 1 atom stereocenters. The summed E-state index contributed by atoms with van der Waals surface area (Å²) < 4.78 is 2.28. The second-order valence-electron chi connectivity index (χ2n) is 7.78. The smallest absolute Gasteiger partial charge is 0.227 e. The van der Waals surface area contributed by atoms with Gasteiger partial charge in [0.2, 0.25) is 5.91 Å². The third-order valence-electron chi connectivity index (χ3n) is 4.52. The molecule has 0 aliphatic carbocycles. The molecule has 0 spiro atoms. The zero-order valence-corrected chi connectivity index (χ0v) is 14.7. The number of likely N-dealkylation sites (tertiary alicyclic amines) is 1. The number of amides is 1. The third-order valence-corrected chi connectivity index (χ3v) is 4.52. The van der Waals surface area contributed by atoms with Crippen molar-refractivity contribution in [2.45, 2.75) is 53.0 Å². The van der Waals surface area contributed by atoms with Gasteiger partial charge in [-0.15, -0.1) is 0 Å². The minimum atomic E-state index is -0.322. The van der Waals surface area contributed by atoms with Gasteiger partial charge >= 0.3 is 0 Å². The van der Waals surface area contributed by atoms with Crippen molar-refractivity contribution in [3.8, 4) is 0 Å². The number of carbonyl (C=O) groups excluding carboxylic acids is 1. The maximum absolute atomic E-state index is 12.5. The zero-order chi connectivity index (χ0) is 16.8. The van der Waals surface area contributed by atoms with Gasteiger partial charge in [0.05, 0.1) is 17.2 Å². The molecule has 1 fully saturated rings. The number of hydrogen-bond acceptors (Lipinski definition) is 3. The molecule has 3 rings (SSSR count). The van der Waals surface area contributed by atoms with E-state index in [0.717, 1.165) is 36.4 Å². The van der Waals surface area contributed by atoms with Gasteiger partial charge in [-0.3, -0.25) is 9.78 Å². The fourth-order valence-corrected chi connectivity index (χ4v) is 3.42. The molecule has 0 saturated carbocycles. The molecule has 2 aromatic heterocycles. The molecule has 0 N–H and O–H groups in total. The fourth-order valence-electron chi connectivity index (χ4n) is 3.42. The van der Waals surface area contributed by atoms with Crippen molar-refractivity contribution in [2.75, 3.05) is 13.1 Å². The molecular formula is C18H26N4O. The normalized spacial score (nSPS) is 19.0. The summed E-state index contributed by atoms with van der Waals surface area (Å²) in [6.07, 6.45) is 4.65. The number of fused-ring (bicyclic) bond motifs is 1. The number of imidazole rings is 1. The third kappa shape index (κ3) is 2.84. The quantitative estimate of drug-likeness (QED) is 0.854. The molecule has 1 amide bonds. The van der Waals surface area contributed by atoms with Gasteiger partial charge < -0.3 is 9.47 Å². The Kier molecular flexibility index (Phi) is 3.90. The predicted molar refractivity (Wildman–Crippen MR) is 91.3 cm³/mol. The van der Waals surface area contributed by atoms with E-state index < -0.39 is 0 Å². The molecular weight excluding hydrogens is 288 g/mol. The SMILES string of the molecule is CC(C)n1c(C2CCN(C(=O)C(C)(C)C)C2)nc2ccncc21. The van der Waals surface area contributed by atoms with Gasteiger partial charge in [0.25, 0.3) is 0 Å². The van der Waals surface area contributed by atoms with Gasteiger partial charge in [0.15, 0.2) is 0 Å². The number of pyridine rings is 1. The molecule has 0 aromatic carbocycles. The lowest BCUT2D eigenvalue weighted by Gasteiger charge is -2.25. The molecule has 1 saturated heterocycles. The summed E-state index contributed by atoms with van der Waals surface area (Å²) in [5.74, 6) is 1.62. The van der Waals surface area contributed by atoms with E-state index in [1.165, 1.54) is 0 Å². The van der Waals surface area contributed by atoms with Crippen LogP contribution in [0.3, 0.4) is 0 Å². The Morgan fingerprint density at radius 3 is 2.74 bits per heavy atom. The number of aromatic nitrogens is 3. The minimum Gasteiger partial charge on any atom is -0.341 e. The van der Waals surface area contributed by atoms with E-state index in [1.54, 1.807) is 6.20 Å². The summed E-state index contributed by atoms with van der Waals surface area (Å²) in [5, 5.41) is 0. The minimum absolute atomic E-state index is 0.230. The maximum Gasteiger partial charge on any atom is 0.227 e. The van der Waals surface area contributed by atoms with Crippen molar-refractivity contribution in [3.05, 3.63) is 24.3 Å². The van der Waals surface area contributed by atoms with Gasteiger partial charge in [0.1, 0.15) is 5.82 Å². The van der Waals surface area contributed by atoms with Gasteiger partial charge in [-0.1, -0.05) is 20.8 Å². The summed E-state index contributed by atoms with van der Waals surface area (Å²) in [6.45, 7) is 11.9. The van der Waals surface area contributed by atoms with Crippen LogP contribution in [0, 0.1) is 5.41 Å². The van der Waals surface area contributed by atoms with Crippen LogP contribution in [0.4, 0.5) is 0 Å². The first kappa shape index (κ1) is 16.0. The van der Waals surface area contributed by atoms with E-state index in [-0.39, 0.29) is 11.3 Å². The molecule has 0 radical (unpaired) electrons. The van der Waals surface area contributed by atoms with Crippen LogP contribution in [-0.2, 0) is 4.79 Å². The first-order chi connectivity index (χ1) is 10.8. The first-order valence-corrected chi connectivity index (χ1v) is 8.40. The highest BCUT2D eigenvalue weighted by Crippen LogP contribution is 2.33. The van der Waals surface area contributed by atoms with Gasteiger partial charge in [-0.05, 0) is 26.3 Å². The van der Waals surface area contributed by atoms with Gasteiger partial charge in [-0.25, -0.2) is 4.98 Å². The Bertz CT molecular complexity index is 726. The highest BCUT2D eigenvalue weighted by molar-refractivity contribution is 5.82. The molecule has 5 heteroatoms. The number of rotatable bonds is 2. The summed E-state index contributed by atoms with van der Waals surface area (Å²) in [4.78, 5) is 23.6. The topological polar surface area (TPSA) is 51.0 Å². The molecule has 1 aliphatic heterocycles. The van der Waals surface area contributed by atoms with Crippen LogP contribution in [0.2, 0.25) is 0 Å². The lowest BCUT2D eigenvalue weighted by Crippen LogP contribution is -2.37. The van der Waals surface area contributed by atoms with E-state index in [2.05, 4.69) is 23.4 Å². The Hall–Kier alpha value is -1.91. The van der Waals surface area contributed by atoms with Crippen molar-refractivity contribution in [3.63, 3.8) is 0 Å². The van der Waals surface area contributed by atoms with Crippen molar-refractivity contribution >= 4 is 16.9 Å². The number of hydrogen-bond donors (Lipinski definition) is 0. The van der Waals surface area contributed by atoms with Crippen LogP contribution in [0.5, 0.6) is 0 Å². The van der Waals surface area contributed by atoms with Crippen molar-refractivity contribution in [2.24, 2.45) is 5.41 Å². The van der Waals surface area contributed by atoms with Gasteiger partial charge in [-0.2, -0.15) is 0 Å². The molecule has 3 heterocycles. The number of carbonyl (C=O) groups is 1. The maximum atomic E-state index is 12.5. The molecule has 23 heavy (non-hydrogen) atoms. The number of nitrogens with zero attached hydrogens (tertiary/aromatic N) is 4. The highest BCUT2D eigenvalue weighted by Gasteiger charge is 2.35. The average molecular weight is 314 g/mol. The zero-order valence-electron chi connectivity index (χ0n) is 14.7. The first-order valence-electron chi connectivity index (χ1n) is 8.40. The second kappa shape index (κ2) is 5.62. The van der Waals surface area contributed by atoms with Crippen LogP contribution in [0.1, 0.15) is 58.8 Å². The summed E-state index contributed by atoms with van der Waals surface area (Å²) in [6, 6.07) is 2.29. The molecule has 0 bridgehead atoms. The average Bonchev–Trinajstić information content (AvgIpc) is 3.09. The molecule has 124 valence electrons. The molecule has 1 unspecified atom stereocenters. The van der Waals surface area contributed by atoms with Crippen molar-refractivity contribution in [1.82, 2.24) is 19.4 Å². The Labute approximate surface area is 137 Å². The molecule has 2 aromatic rings. The van der Waals surface area contributed by atoms with Crippen LogP contribution < -0.4 is 0 Å². The van der Waals surface area contributed by atoms with Crippen molar-refractivity contribution in [1.29, 1.82) is 0 Å². The van der Waals surface area contributed by atoms with Crippen LogP contribution in [0.15, 0.2) is 18.5 Å². The van der Waals surface area contributed by atoms with E-state index in [0.29, 0.717) is 12.0 Å². The van der Waals surface area contributed by atoms with Crippen LogP contribution in [0.25, 0.3) is 11.0 Å². The monoisotopic (exact) mass is 314 g/mol. The second-order valence-corrected chi connectivity index (χ2v) is 7.78. The van der Waals surface area contributed by atoms with E-state index in [1.807, 2.05) is 37.9 Å². The standard InChI is InChI=1S/C18H26N4O/c1-12(2)22-15-10-19-8-6-14(15)20-16(22)13-7-9-21(11-13)17(23)18(3,4)5/h6,8,10,12-13H,7,9,11H2,1-5H3. The van der Waals surface area contributed by atoms with Crippen LogP contribution in [-0.4, -0.2) is 38.4 Å².